The molecule has 3 rings (SSSR count). The van der Waals surface area contributed by atoms with Gasteiger partial charge in [-0.3, -0.25) is 4.98 Å². The van der Waals surface area contributed by atoms with Crippen LogP contribution in [0.5, 0.6) is 0 Å². The maximum atomic E-state index is 5.86. The van der Waals surface area contributed by atoms with Crippen LogP contribution >= 0.6 is 0 Å². The molecule has 3 N–H and O–H groups in total. The Labute approximate surface area is 118 Å². The topological polar surface area (TPSA) is 50.9 Å². The zero-order valence-electron chi connectivity index (χ0n) is 11.2. The smallest absolute Gasteiger partial charge is 0.0724 e. The summed E-state index contributed by atoms with van der Waals surface area (Å²) < 4.78 is 0. The molecule has 0 saturated carbocycles. The van der Waals surface area contributed by atoms with E-state index in [1.165, 1.54) is 5.56 Å². The number of benzene rings is 2. The highest BCUT2D eigenvalue weighted by Gasteiger charge is 2.02. The van der Waals surface area contributed by atoms with E-state index >= 15 is 0 Å². The molecule has 3 heteroatoms. The van der Waals surface area contributed by atoms with Crippen molar-refractivity contribution < 1.29 is 0 Å². The van der Waals surface area contributed by atoms with Crippen LogP contribution in [0.3, 0.4) is 0 Å². The summed E-state index contributed by atoms with van der Waals surface area (Å²) in [5.41, 5.74) is 9.99. The Morgan fingerprint density at radius 1 is 1.00 bits per heavy atom. The van der Waals surface area contributed by atoms with E-state index in [1.807, 2.05) is 36.5 Å². The van der Waals surface area contributed by atoms with Gasteiger partial charge in [-0.15, -0.1) is 0 Å². The summed E-state index contributed by atoms with van der Waals surface area (Å²) in [5, 5.41) is 4.54. The third-order valence-electron chi connectivity index (χ3n) is 3.34. The number of anilines is 2. The van der Waals surface area contributed by atoms with Crippen LogP contribution in [0.4, 0.5) is 11.4 Å². The fraction of sp³-hybridized carbons (Fsp3) is 0.118. The van der Waals surface area contributed by atoms with E-state index in [2.05, 4.69) is 34.6 Å². The second-order valence-electron chi connectivity index (χ2n) is 4.80. The van der Waals surface area contributed by atoms with Gasteiger partial charge < -0.3 is 11.1 Å². The number of fused-ring (bicyclic) bond motifs is 1. The molecule has 0 unspecified atom stereocenters. The van der Waals surface area contributed by atoms with Crippen molar-refractivity contribution in [2.75, 3.05) is 17.6 Å². The molecule has 1 aromatic heterocycles. The monoisotopic (exact) mass is 263 g/mol. The zero-order valence-corrected chi connectivity index (χ0v) is 11.2. The predicted octanol–water partition coefficient (Wildman–Crippen LogP) is 3.47. The normalized spacial score (nSPS) is 10.6. The molecule has 0 saturated heterocycles. The number of nitrogen functional groups attached to an aromatic ring is 1. The summed E-state index contributed by atoms with van der Waals surface area (Å²) in [4.78, 5) is 4.35. The van der Waals surface area contributed by atoms with Crippen molar-refractivity contribution in [1.29, 1.82) is 0 Å². The molecule has 0 bridgehead atoms. The summed E-state index contributed by atoms with van der Waals surface area (Å²) >= 11 is 0. The van der Waals surface area contributed by atoms with Crippen LogP contribution in [0.1, 0.15) is 5.56 Å². The van der Waals surface area contributed by atoms with Gasteiger partial charge in [0.25, 0.3) is 0 Å². The van der Waals surface area contributed by atoms with Crippen LogP contribution in [0.2, 0.25) is 0 Å². The third kappa shape index (κ3) is 2.72. The van der Waals surface area contributed by atoms with Crippen molar-refractivity contribution in [2.45, 2.75) is 6.42 Å². The third-order valence-corrected chi connectivity index (χ3v) is 3.34. The molecule has 100 valence electrons. The molecule has 0 spiro atoms. The zero-order chi connectivity index (χ0) is 13.8. The predicted molar refractivity (Wildman–Crippen MR) is 84.8 cm³/mol. The van der Waals surface area contributed by atoms with Gasteiger partial charge in [0.05, 0.1) is 5.52 Å². The molecular formula is C17H17N3. The number of rotatable bonds is 4. The highest BCUT2D eigenvalue weighted by atomic mass is 14.9. The highest BCUT2D eigenvalue weighted by Crippen LogP contribution is 2.23. The van der Waals surface area contributed by atoms with Gasteiger partial charge in [0.2, 0.25) is 0 Å². The lowest BCUT2D eigenvalue weighted by Gasteiger charge is -2.10. The SMILES string of the molecule is Nc1ccc2nccc(NCCc3ccccc3)c2c1. The summed E-state index contributed by atoms with van der Waals surface area (Å²) in [6.45, 7) is 0.887. The van der Waals surface area contributed by atoms with Crippen molar-refractivity contribution in [3.63, 3.8) is 0 Å². The minimum Gasteiger partial charge on any atom is -0.399 e. The van der Waals surface area contributed by atoms with Crippen LogP contribution in [0.15, 0.2) is 60.8 Å². The van der Waals surface area contributed by atoms with Crippen molar-refractivity contribution in [1.82, 2.24) is 4.98 Å². The first-order valence-electron chi connectivity index (χ1n) is 6.75. The van der Waals surface area contributed by atoms with E-state index < -0.39 is 0 Å². The Morgan fingerprint density at radius 3 is 2.70 bits per heavy atom. The van der Waals surface area contributed by atoms with E-state index in [0.29, 0.717) is 0 Å². The number of hydrogen-bond donors (Lipinski definition) is 2. The van der Waals surface area contributed by atoms with Crippen LogP contribution < -0.4 is 11.1 Å². The largest absolute Gasteiger partial charge is 0.399 e. The van der Waals surface area contributed by atoms with E-state index in [9.17, 15) is 0 Å². The maximum Gasteiger partial charge on any atom is 0.0724 e. The lowest BCUT2D eigenvalue weighted by atomic mass is 10.1. The molecule has 20 heavy (non-hydrogen) atoms. The molecule has 3 nitrogen and oxygen atoms in total. The Hall–Kier alpha value is -2.55. The van der Waals surface area contributed by atoms with Crippen molar-refractivity contribution >= 4 is 22.3 Å². The van der Waals surface area contributed by atoms with Gasteiger partial charge in [-0.25, -0.2) is 0 Å². The van der Waals surface area contributed by atoms with Crippen LogP contribution in [0, 0.1) is 0 Å². The second-order valence-corrected chi connectivity index (χ2v) is 4.80. The molecule has 0 aliphatic rings. The lowest BCUT2D eigenvalue weighted by Crippen LogP contribution is -2.05. The van der Waals surface area contributed by atoms with E-state index in [-0.39, 0.29) is 0 Å². The van der Waals surface area contributed by atoms with Gasteiger partial charge in [0.1, 0.15) is 0 Å². The quantitative estimate of drug-likeness (QED) is 0.709. The van der Waals surface area contributed by atoms with Crippen LogP contribution in [-0.4, -0.2) is 11.5 Å². The van der Waals surface area contributed by atoms with Gasteiger partial charge in [-0.1, -0.05) is 30.3 Å². The highest BCUT2D eigenvalue weighted by molar-refractivity contribution is 5.93. The van der Waals surface area contributed by atoms with Crippen LogP contribution in [0.25, 0.3) is 10.9 Å². The van der Waals surface area contributed by atoms with Crippen molar-refractivity contribution in [3.05, 3.63) is 66.4 Å². The standard InChI is InChI=1S/C17H17N3/c18-14-6-7-16-15(12-14)17(9-11-20-16)19-10-8-13-4-2-1-3-5-13/h1-7,9,11-12H,8,10,18H2,(H,19,20). The summed E-state index contributed by atoms with van der Waals surface area (Å²) in [6, 6.07) is 18.2. The molecule has 2 aromatic carbocycles. The van der Waals surface area contributed by atoms with Crippen LogP contribution in [-0.2, 0) is 6.42 Å². The molecule has 0 amide bonds. The Bertz CT molecular complexity index is 708. The molecule has 0 aliphatic carbocycles. The van der Waals surface area contributed by atoms with Gasteiger partial charge in [-0.2, -0.15) is 0 Å². The Kier molecular flexibility index (Phi) is 3.50. The molecule has 0 radical (unpaired) electrons. The van der Waals surface area contributed by atoms with Gasteiger partial charge in [-0.05, 0) is 36.2 Å². The first-order valence-corrected chi connectivity index (χ1v) is 6.75. The summed E-state index contributed by atoms with van der Waals surface area (Å²) in [5.74, 6) is 0. The fourth-order valence-electron chi connectivity index (χ4n) is 2.30. The number of hydrogen-bond acceptors (Lipinski definition) is 3. The Balaban J connectivity index is 1.76. The maximum absolute atomic E-state index is 5.86. The number of aromatic nitrogens is 1. The molecule has 0 atom stereocenters. The Morgan fingerprint density at radius 2 is 1.85 bits per heavy atom. The summed E-state index contributed by atoms with van der Waals surface area (Å²) in [6.07, 6.45) is 2.82. The molecule has 3 aromatic rings. The first kappa shape index (κ1) is 12.5. The molecule has 0 fully saturated rings. The first-order chi connectivity index (χ1) is 9.83. The van der Waals surface area contributed by atoms with Gasteiger partial charge in [0, 0.05) is 29.5 Å². The van der Waals surface area contributed by atoms with E-state index in [1.54, 1.807) is 0 Å². The number of nitrogens with zero attached hydrogens (tertiary/aromatic N) is 1. The minimum atomic E-state index is 0.761. The van der Waals surface area contributed by atoms with Crippen molar-refractivity contribution in [2.24, 2.45) is 0 Å². The average molecular weight is 263 g/mol. The molecule has 1 heterocycles. The second kappa shape index (κ2) is 5.61. The number of pyridine rings is 1. The minimum absolute atomic E-state index is 0.761. The summed E-state index contributed by atoms with van der Waals surface area (Å²) in [7, 11) is 0. The molecular weight excluding hydrogens is 246 g/mol. The fourth-order valence-corrected chi connectivity index (χ4v) is 2.30. The average Bonchev–Trinajstić information content (AvgIpc) is 2.49. The van der Waals surface area contributed by atoms with Gasteiger partial charge >= 0.3 is 0 Å². The van der Waals surface area contributed by atoms with Gasteiger partial charge in [0.15, 0.2) is 0 Å². The van der Waals surface area contributed by atoms with E-state index in [0.717, 1.165) is 35.2 Å². The van der Waals surface area contributed by atoms with E-state index in [4.69, 9.17) is 5.73 Å². The molecule has 0 aliphatic heterocycles. The number of nitrogens with two attached hydrogens (primary N) is 1. The number of nitrogens with one attached hydrogen (secondary N) is 1. The van der Waals surface area contributed by atoms with Crippen molar-refractivity contribution in [3.8, 4) is 0 Å². The lowest BCUT2D eigenvalue weighted by molar-refractivity contribution is 1.02.